The van der Waals surface area contributed by atoms with Gasteiger partial charge in [-0.3, -0.25) is 4.79 Å². The minimum absolute atomic E-state index is 0.00764. The van der Waals surface area contributed by atoms with Gasteiger partial charge in [0.1, 0.15) is 5.75 Å². The van der Waals surface area contributed by atoms with Gasteiger partial charge < -0.3 is 4.74 Å². The number of carbonyl (C=O) groups excluding carboxylic acids is 2. The molecule has 0 aliphatic rings. The van der Waals surface area contributed by atoms with E-state index >= 15 is 0 Å². The highest BCUT2D eigenvalue weighted by Gasteiger charge is 2.14. The zero-order valence-electron chi connectivity index (χ0n) is 17.9. The van der Waals surface area contributed by atoms with Crippen molar-refractivity contribution in [2.24, 2.45) is 5.10 Å². The molecule has 0 aliphatic carbocycles. The fraction of sp³-hybridized carbons (Fsp3) is 0.160. The van der Waals surface area contributed by atoms with Crippen LogP contribution in [-0.4, -0.2) is 18.1 Å². The van der Waals surface area contributed by atoms with Crippen LogP contribution in [0.3, 0.4) is 0 Å². The summed E-state index contributed by atoms with van der Waals surface area (Å²) in [5.41, 5.74) is 5.03. The highest BCUT2D eigenvalue weighted by molar-refractivity contribution is 9.10. The van der Waals surface area contributed by atoms with E-state index in [0.29, 0.717) is 27.5 Å². The van der Waals surface area contributed by atoms with Gasteiger partial charge in [0, 0.05) is 20.6 Å². The molecule has 3 rings (SSSR count). The molecule has 5 nitrogen and oxygen atoms in total. The predicted molar refractivity (Wildman–Crippen MR) is 131 cm³/mol. The van der Waals surface area contributed by atoms with Crippen LogP contribution in [0.15, 0.2) is 76.3 Å². The number of benzene rings is 3. The number of hydrogen-bond acceptors (Lipinski definition) is 4. The molecule has 1 N–H and O–H groups in total. The summed E-state index contributed by atoms with van der Waals surface area (Å²) in [7, 11) is 0. The number of esters is 1. The third-order valence-corrected chi connectivity index (χ3v) is 5.38. The summed E-state index contributed by atoms with van der Waals surface area (Å²) < 4.78 is 6.28. The molecule has 7 heteroatoms. The molecule has 3 aromatic rings. The number of nitrogens with zero attached hydrogens (tertiary/aromatic N) is 1. The van der Waals surface area contributed by atoms with Crippen molar-refractivity contribution in [3.8, 4) is 5.75 Å². The van der Waals surface area contributed by atoms with Crippen LogP contribution in [0, 0.1) is 0 Å². The summed E-state index contributed by atoms with van der Waals surface area (Å²) in [4.78, 5) is 24.8. The van der Waals surface area contributed by atoms with E-state index < -0.39 is 5.97 Å². The van der Waals surface area contributed by atoms with E-state index in [0.717, 1.165) is 10.0 Å². The fourth-order valence-electron chi connectivity index (χ4n) is 2.80. The Kier molecular flexibility index (Phi) is 7.48. The van der Waals surface area contributed by atoms with Gasteiger partial charge in [0.2, 0.25) is 0 Å². The van der Waals surface area contributed by atoms with Crippen LogP contribution in [0.25, 0.3) is 0 Å². The zero-order chi connectivity index (χ0) is 23.3. The van der Waals surface area contributed by atoms with E-state index in [1.54, 1.807) is 54.6 Å². The molecule has 0 unspecified atom stereocenters. The molecule has 0 heterocycles. The number of hydrogen-bond donors (Lipinski definition) is 1. The summed E-state index contributed by atoms with van der Waals surface area (Å²) in [5, 5.41) is 4.56. The molecular formula is C25H22BrClN2O3. The Morgan fingerprint density at radius 2 is 1.59 bits per heavy atom. The van der Waals surface area contributed by atoms with Crippen LogP contribution < -0.4 is 10.2 Å². The third kappa shape index (κ3) is 6.28. The van der Waals surface area contributed by atoms with Crippen LogP contribution in [-0.2, 0) is 5.41 Å². The van der Waals surface area contributed by atoms with Crippen LogP contribution in [0.1, 0.15) is 52.6 Å². The van der Waals surface area contributed by atoms with Gasteiger partial charge in [-0.05, 0) is 65.6 Å². The lowest BCUT2D eigenvalue weighted by atomic mass is 9.87. The molecule has 164 valence electrons. The normalized spacial score (nSPS) is 11.4. The number of amides is 1. The van der Waals surface area contributed by atoms with Crippen LogP contribution in [0.5, 0.6) is 5.75 Å². The van der Waals surface area contributed by atoms with Crippen molar-refractivity contribution in [3.63, 3.8) is 0 Å². The molecule has 0 aromatic heterocycles. The minimum atomic E-state index is -0.526. The van der Waals surface area contributed by atoms with Gasteiger partial charge in [0.25, 0.3) is 5.91 Å². The van der Waals surface area contributed by atoms with Gasteiger partial charge in [-0.2, -0.15) is 5.10 Å². The molecule has 1 amide bonds. The molecule has 0 spiro atoms. The summed E-state index contributed by atoms with van der Waals surface area (Å²) in [6.45, 7) is 6.34. The zero-order valence-corrected chi connectivity index (χ0v) is 20.2. The Labute approximate surface area is 200 Å². The Morgan fingerprint density at radius 3 is 2.22 bits per heavy atom. The molecule has 0 saturated carbocycles. The van der Waals surface area contributed by atoms with Gasteiger partial charge in [-0.15, -0.1) is 0 Å². The second-order valence-electron chi connectivity index (χ2n) is 8.11. The van der Waals surface area contributed by atoms with Crippen molar-refractivity contribution in [3.05, 3.63) is 98.5 Å². The Balaban J connectivity index is 1.71. The first kappa shape index (κ1) is 23.7. The largest absolute Gasteiger partial charge is 0.422 e. The molecule has 3 aromatic carbocycles. The smallest absolute Gasteiger partial charge is 0.343 e. The second kappa shape index (κ2) is 10.1. The monoisotopic (exact) mass is 512 g/mol. The van der Waals surface area contributed by atoms with E-state index in [2.05, 4.69) is 47.2 Å². The molecule has 0 aliphatic heterocycles. The van der Waals surface area contributed by atoms with Crippen LogP contribution in [0.2, 0.25) is 5.02 Å². The van der Waals surface area contributed by atoms with Gasteiger partial charge in [0.15, 0.2) is 0 Å². The lowest BCUT2D eigenvalue weighted by molar-refractivity contribution is 0.0734. The maximum absolute atomic E-state index is 12.4. The van der Waals surface area contributed by atoms with Crippen molar-refractivity contribution in [1.29, 1.82) is 0 Å². The van der Waals surface area contributed by atoms with Gasteiger partial charge in [-0.1, -0.05) is 60.4 Å². The van der Waals surface area contributed by atoms with Crippen molar-refractivity contribution < 1.29 is 14.3 Å². The quantitative estimate of drug-likeness (QED) is 0.186. The first-order valence-corrected chi connectivity index (χ1v) is 11.0. The van der Waals surface area contributed by atoms with E-state index in [4.69, 9.17) is 16.3 Å². The summed E-state index contributed by atoms with van der Waals surface area (Å²) in [6, 6.07) is 18.9. The number of carbonyl (C=O) groups is 2. The van der Waals surface area contributed by atoms with Gasteiger partial charge in [0.05, 0.1) is 11.8 Å². The number of ether oxygens (including phenoxy) is 1. The summed E-state index contributed by atoms with van der Waals surface area (Å²) in [6.07, 6.45) is 1.43. The molecule has 0 radical (unpaired) electrons. The number of halogens is 2. The first-order chi connectivity index (χ1) is 15.1. The minimum Gasteiger partial charge on any atom is -0.422 e. The van der Waals surface area contributed by atoms with Gasteiger partial charge in [-0.25, -0.2) is 10.2 Å². The van der Waals surface area contributed by atoms with Crippen LogP contribution in [0.4, 0.5) is 0 Å². The van der Waals surface area contributed by atoms with Crippen molar-refractivity contribution >= 4 is 45.6 Å². The number of hydrazone groups is 1. The number of rotatable bonds is 5. The molecule has 0 bridgehead atoms. The first-order valence-electron chi connectivity index (χ1n) is 9.85. The average Bonchev–Trinajstić information content (AvgIpc) is 2.75. The Morgan fingerprint density at radius 1 is 0.969 bits per heavy atom. The molecule has 0 saturated heterocycles. The van der Waals surface area contributed by atoms with E-state index in [1.165, 1.54) is 6.21 Å². The molecule has 32 heavy (non-hydrogen) atoms. The highest BCUT2D eigenvalue weighted by Crippen LogP contribution is 2.24. The fourth-order valence-corrected chi connectivity index (χ4v) is 3.31. The maximum atomic E-state index is 12.4. The van der Waals surface area contributed by atoms with Crippen molar-refractivity contribution in [2.75, 3.05) is 0 Å². The lowest BCUT2D eigenvalue weighted by Gasteiger charge is -2.18. The number of nitrogens with one attached hydrogen (secondary N) is 1. The average molecular weight is 514 g/mol. The predicted octanol–water partition coefficient (Wildman–Crippen LogP) is 6.38. The molecule has 0 atom stereocenters. The highest BCUT2D eigenvalue weighted by atomic mass is 79.9. The summed E-state index contributed by atoms with van der Waals surface area (Å²) >= 11 is 9.26. The van der Waals surface area contributed by atoms with E-state index in [9.17, 15) is 9.59 Å². The van der Waals surface area contributed by atoms with Crippen molar-refractivity contribution in [1.82, 2.24) is 5.43 Å². The standard InChI is InChI=1S/C25H22BrClN2O3/c1-25(2,3)19-8-4-16(5-9-19)23(30)29-28-15-18-14-20(26)10-13-22(18)32-24(31)17-6-11-21(27)12-7-17/h4-15H,1-3H3,(H,29,30)/b28-15+. The maximum Gasteiger partial charge on any atom is 0.343 e. The second-order valence-corrected chi connectivity index (χ2v) is 9.46. The van der Waals surface area contributed by atoms with E-state index in [-0.39, 0.29) is 11.3 Å². The van der Waals surface area contributed by atoms with Gasteiger partial charge >= 0.3 is 5.97 Å². The Bertz CT molecular complexity index is 1150. The SMILES string of the molecule is CC(C)(C)c1ccc(C(=O)N/N=C/c2cc(Br)ccc2OC(=O)c2ccc(Cl)cc2)cc1. The lowest BCUT2D eigenvalue weighted by Crippen LogP contribution is -2.18. The Hall–Kier alpha value is -2.96. The van der Waals surface area contributed by atoms with E-state index in [1.807, 2.05) is 12.1 Å². The van der Waals surface area contributed by atoms with Crippen LogP contribution >= 0.6 is 27.5 Å². The summed E-state index contributed by atoms with van der Waals surface area (Å²) in [5.74, 6) is -0.557. The molecule has 0 fully saturated rings. The molecular weight excluding hydrogens is 492 g/mol. The topological polar surface area (TPSA) is 67.8 Å². The third-order valence-electron chi connectivity index (χ3n) is 4.64. The van der Waals surface area contributed by atoms with Crippen molar-refractivity contribution in [2.45, 2.75) is 26.2 Å².